The van der Waals surface area contributed by atoms with E-state index in [1.165, 1.54) is 16.7 Å². The van der Waals surface area contributed by atoms with E-state index >= 15 is 0 Å². The van der Waals surface area contributed by atoms with Crippen LogP contribution < -0.4 is 0 Å². The summed E-state index contributed by atoms with van der Waals surface area (Å²) >= 11 is 0. The highest BCUT2D eigenvalue weighted by molar-refractivity contribution is 5.52. The first kappa shape index (κ1) is 16.4. The van der Waals surface area contributed by atoms with Gasteiger partial charge in [0.1, 0.15) is 0 Å². The Morgan fingerprint density at radius 3 is 2.42 bits per heavy atom. The fourth-order valence-corrected chi connectivity index (χ4v) is 2.60. The molecule has 4 heteroatoms. The average molecular weight is 321 g/mol. The number of aryl methyl sites for hydroxylation is 2. The third-order valence-electron chi connectivity index (χ3n) is 4.44. The highest BCUT2D eigenvalue weighted by atomic mass is 16.4. The summed E-state index contributed by atoms with van der Waals surface area (Å²) in [7, 11) is 2.08. The molecule has 0 bridgehead atoms. The Balaban J connectivity index is 1.74. The van der Waals surface area contributed by atoms with Gasteiger partial charge in [0.2, 0.25) is 11.8 Å². The van der Waals surface area contributed by atoms with Crippen LogP contribution in [0.3, 0.4) is 0 Å². The molecule has 0 unspecified atom stereocenters. The van der Waals surface area contributed by atoms with E-state index in [2.05, 4.69) is 67.2 Å². The topological polar surface area (TPSA) is 42.2 Å². The van der Waals surface area contributed by atoms with Crippen molar-refractivity contribution in [1.29, 1.82) is 0 Å². The van der Waals surface area contributed by atoms with Gasteiger partial charge in [-0.2, -0.15) is 0 Å². The first-order chi connectivity index (χ1) is 11.5. The molecule has 0 N–H and O–H groups in total. The van der Waals surface area contributed by atoms with Crippen LogP contribution in [0.5, 0.6) is 0 Å². The first-order valence-corrected chi connectivity index (χ1v) is 8.20. The molecule has 124 valence electrons. The van der Waals surface area contributed by atoms with Crippen LogP contribution in [0.2, 0.25) is 0 Å². The van der Waals surface area contributed by atoms with Crippen molar-refractivity contribution in [2.75, 3.05) is 7.05 Å². The van der Waals surface area contributed by atoms with Crippen LogP contribution in [0, 0.1) is 13.8 Å². The number of rotatable bonds is 5. The van der Waals surface area contributed by atoms with Crippen LogP contribution in [-0.2, 0) is 6.54 Å². The first-order valence-electron chi connectivity index (χ1n) is 8.20. The quantitative estimate of drug-likeness (QED) is 0.691. The normalized spacial score (nSPS) is 12.5. The van der Waals surface area contributed by atoms with Crippen molar-refractivity contribution in [1.82, 2.24) is 15.1 Å². The van der Waals surface area contributed by atoms with Crippen LogP contribution in [-0.4, -0.2) is 22.1 Å². The largest absolute Gasteiger partial charge is 0.419 e. The van der Waals surface area contributed by atoms with Crippen molar-refractivity contribution >= 4 is 0 Å². The van der Waals surface area contributed by atoms with E-state index < -0.39 is 0 Å². The van der Waals surface area contributed by atoms with Crippen LogP contribution in [0.4, 0.5) is 0 Å². The lowest BCUT2D eigenvalue weighted by atomic mass is 10.1. The molecule has 0 aliphatic carbocycles. The molecule has 0 spiro atoms. The molecule has 3 rings (SSSR count). The zero-order valence-electron chi connectivity index (χ0n) is 14.7. The van der Waals surface area contributed by atoms with Crippen molar-refractivity contribution < 1.29 is 4.42 Å². The summed E-state index contributed by atoms with van der Waals surface area (Å²) in [6, 6.07) is 16.6. The second kappa shape index (κ2) is 6.97. The molecule has 2 aromatic carbocycles. The third kappa shape index (κ3) is 3.54. The molecule has 0 aliphatic rings. The molecule has 1 atom stereocenters. The van der Waals surface area contributed by atoms with Crippen LogP contribution in [0.1, 0.15) is 35.5 Å². The molecular weight excluding hydrogens is 298 g/mol. The van der Waals surface area contributed by atoms with Crippen LogP contribution >= 0.6 is 0 Å². The molecule has 1 heterocycles. The van der Waals surface area contributed by atoms with Gasteiger partial charge in [-0.05, 0) is 51.1 Å². The van der Waals surface area contributed by atoms with E-state index in [9.17, 15) is 0 Å². The summed E-state index contributed by atoms with van der Waals surface area (Å²) in [5.74, 6) is 1.21. The Labute approximate surface area is 143 Å². The highest BCUT2D eigenvalue weighted by Crippen LogP contribution is 2.24. The Morgan fingerprint density at radius 2 is 1.71 bits per heavy atom. The smallest absolute Gasteiger partial charge is 0.247 e. The maximum atomic E-state index is 5.90. The average Bonchev–Trinajstić information content (AvgIpc) is 3.07. The lowest BCUT2D eigenvalue weighted by molar-refractivity contribution is 0.217. The summed E-state index contributed by atoms with van der Waals surface area (Å²) in [5, 5.41) is 8.44. The fraction of sp³-hybridized carbons (Fsp3) is 0.300. The molecule has 0 fully saturated rings. The Bertz CT molecular complexity index is 808. The number of hydrogen-bond donors (Lipinski definition) is 0. The summed E-state index contributed by atoms with van der Waals surface area (Å²) in [5.41, 5.74) is 4.77. The van der Waals surface area contributed by atoms with Gasteiger partial charge in [0.05, 0.1) is 6.04 Å². The maximum Gasteiger partial charge on any atom is 0.247 e. The molecular formula is C20H23N3O. The summed E-state index contributed by atoms with van der Waals surface area (Å²) < 4.78 is 5.90. The Hall–Kier alpha value is -2.46. The van der Waals surface area contributed by atoms with Gasteiger partial charge in [0.15, 0.2) is 0 Å². The number of hydrogen-bond acceptors (Lipinski definition) is 4. The van der Waals surface area contributed by atoms with Gasteiger partial charge < -0.3 is 4.42 Å². The molecule has 3 aromatic rings. The summed E-state index contributed by atoms with van der Waals surface area (Å²) in [6.45, 7) is 7.13. The van der Waals surface area contributed by atoms with Crippen molar-refractivity contribution in [3.05, 3.63) is 71.1 Å². The summed E-state index contributed by atoms with van der Waals surface area (Å²) in [4.78, 5) is 2.22. The van der Waals surface area contributed by atoms with Crippen LogP contribution in [0.15, 0.2) is 52.9 Å². The van der Waals surface area contributed by atoms with Gasteiger partial charge in [-0.1, -0.05) is 42.0 Å². The maximum absolute atomic E-state index is 5.90. The SMILES string of the molecule is Cc1ccc(-c2nnc([C@@H](C)N(C)Cc3ccccc3C)o2)cc1. The molecule has 0 amide bonds. The van der Waals surface area contributed by atoms with Crippen molar-refractivity contribution in [3.8, 4) is 11.5 Å². The number of aromatic nitrogens is 2. The predicted molar refractivity (Wildman–Crippen MR) is 95.5 cm³/mol. The molecule has 1 aromatic heterocycles. The lowest BCUT2D eigenvalue weighted by Gasteiger charge is -2.22. The molecule has 4 nitrogen and oxygen atoms in total. The van der Waals surface area contributed by atoms with Crippen LogP contribution in [0.25, 0.3) is 11.5 Å². The van der Waals surface area contributed by atoms with E-state index in [-0.39, 0.29) is 6.04 Å². The summed E-state index contributed by atoms with van der Waals surface area (Å²) in [6.07, 6.45) is 0. The van der Waals surface area contributed by atoms with Crippen molar-refractivity contribution in [3.63, 3.8) is 0 Å². The molecule has 0 saturated carbocycles. The molecule has 0 radical (unpaired) electrons. The van der Waals surface area contributed by atoms with E-state index in [0.717, 1.165) is 12.1 Å². The molecule has 0 saturated heterocycles. The molecule has 24 heavy (non-hydrogen) atoms. The third-order valence-corrected chi connectivity index (χ3v) is 4.44. The lowest BCUT2D eigenvalue weighted by Crippen LogP contribution is -2.22. The minimum absolute atomic E-state index is 0.0521. The number of benzene rings is 2. The van der Waals surface area contributed by atoms with E-state index in [1.807, 2.05) is 24.3 Å². The molecule has 0 aliphatic heterocycles. The highest BCUT2D eigenvalue weighted by Gasteiger charge is 2.19. The van der Waals surface area contributed by atoms with Gasteiger partial charge >= 0.3 is 0 Å². The second-order valence-electron chi connectivity index (χ2n) is 6.33. The van der Waals surface area contributed by atoms with Crippen molar-refractivity contribution in [2.45, 2.75) is 33.4 Å². The zero-order chi connectivity index (χ0) is 17.1. The minimum Gasteiger partial charge on any atom is -0.419 e. The second-order valence-corrected chi connectivity index (χ2v) is 6.33. The fourth-order valence-electron chi connectivity index (χ4n) is 2.60. The Morgan fingerprint density at radius 1 is 1.00 bits per heavy atom. The van der Waals surface area contributed by atoms with E-state index in [0.29, 0.717) is 11.8 Å². The van der Waals surface area contributed by atoms with Gasteiger partial charge in [0.25, 0.3) is 0 Å². The van der Waals surface area contributed by atoms with Gasteiger partial charge in [-0.25, -0.2) is 0 Å². The zero-order valence-corrected chi connectivity index (χ0v) is 14.7. The van der Waals surface area contributed by atoms with Crippen molar-refractivity contribution in [2.24, 2.45) is 0 Å². The van der Waals surface area contributed by atoms with Gasteiger partial charge in [-0.15, -0.1) is 10.2 Å². The standard InChI is InChI=1S/C20H23N3O/c1-14-9-11-17(12-10-14)20-22-21-19(24-20)16(3)23(4)13-18-8-6-5-7-15(18)2/h5-12,16H,13H2,1-4H3/t16-/m1/s1. The predicted octanol–water partition coefficient (Wildman–Crippen LogP) is 4.55. The van der Waals surface area contributed by atoms with E-state index in [1.54, 1.807) is 0 Å². The Kier molecular flexibility index (Phi) is 4.76. The number of nitrogens with zero attached hydrogens (tertiary/aromatic N) is 3. The van der Waals surface area contributed by atoms with E-state index in [4.69, 9.17) is 4.42 Å². The van der Waals surface area contributed by atoms with Gasteiger partial charge in [0, 0.05) is 12.1 Å². The minimum atomic E-state index is 0.0521. The van der Waals surface area contributed by atoms with Gasteiger partial charge in [-0.3, -0.25) is 4.90 Å². The monoisotopic (exact) mass is 321 g/mol.